The highest BCUT2D eigenvalue weighted by Gasteiger charge is 2.35. The Bertz CT molecular complexity index is 1530. The van der Waals surface area contributed by atoms with Crippen LogP contribution in [0.5, 0.6) is 17.2 Å². The Morgan fingerprint density at radius 1 is 1.00 bits per heavy atom. The first-order valence-corrected chi connectivity index (χ1v) is 11.7. The minimum atomic E-state index is -0.807. The fourth-order valence-corrected chi connectivity index (χ4v) is 4.50. The first kappa shape index (κ1) is 26.6. The van der Waals surface area contributed by atoms with E-state index in [1.165, 1.54) is 43.5 Å². The van der Waals surface area contributed by atoms with Gasteiger partial charge in [-0.25, -0.2) is 4.39 Å². The number of methoxy groups -OCH3 is 1. The van der Waals surface area contributed by atoms with Crippen LogP contribution in [0, 0.1) is 26.0 Å². The highest BCUT2D eigenvalue weighted by Crippen LogP contribution is 2.40. The second kappa shape index (κ2) is 10.9. The average Bonchev–Trinajstić information content (AvgIpc) is 3.13. The van der Waals surface area contributed by atoms with E-state index in [-0.39, 0.29) is 33.7 Å². The quantitative estimate of drug-likeness (QED) is 0.175. The van der Waals surface area contributed by atoms with E-state index < -0.39 is 38.2 Å². The molecule has 1 saturated heterocycles. The van der Waals surface area contributed by atoms with Crippen LogP contribution in [-0.2, 0) is 11.3 Å². The maximum atomic E-state index is 13.3. The van der Waals surface area contributed by atoms with E-state index >= 15 is 0 Å². The van der Waals surface area contributed by atoms with Crippen molar-refractivity contribution in [3.63, 3.8) is 0 Å². The van der Waals surface area contributed by atoms with Crippen molar-refractivity contribution in [1.29, 1.82) is 0 Å². The molecule has 0 radical (unpaired) electrons. The van der Waals surface area contributed by atoms with Crippen molar-refractivity contribution in [2.45, 2.75) is 6.54 Å². The van der Waals surface area contributed by atoms with E-state index in [4.69, 9.17) is 21.1 Å². The summed E-state index contributed by atoms with van der Waals surface area (Å²) in [5, 5.41) is 21.9. The lowest BCUT2D eigenvalue weighted by atomic mass is 10.1. The minimum Gasteiger partial charge on any atom is -0.493 e. The zero-order chi connectivity index (χ0) is 27.6. The molecule has 1 aliphatic heterocycles. The summed E-state index contributed by atoms with van der Waals surface area (Å²) in [6, 6.07) is 11.1. The van der Waals surface area contributed by atoms with Crippen molar-refractivity contribution in [2.75, 3.05) is 7.11 Å². The molecule has 0 spiro atoms. The first-order valence-electron chi connectivity index (χ1n) is 10.6. The smallest absolute Gasteiger partial charge is 0.318 e. The molecule has 0 bridgehead atoms. The maximum absolute atomic E-state index is 13.3. The van der Waals surface area contributed by atoms with Gasteiger partial charge in [0, 0.05) is 11.1 Å². The summed E-state index contributed by atoms with van der Waals surface area (Å²) in [6.07, 6.45) is 1.46. The number of nitrogens with zero attached hydrogens (tertiary/aromatic N) is 3. The molecule has 0 saturated carbocycles. The lowest BCUT2D eigenvalue weighted by molar-refractivity contribution is -0.394. The lowest BCUT2D eigenvalue weighted by Crippen LogP contribution is -2.27. The fraction of sp³-hybridized carbons (Fsp3) is 0.0833. The van der Waals surface area contributed by atoms with Gasteiger partial charge in [0.25, 0.3) is 16.8 Å². The average molecular weight is 560 g/mol. The summed E-state index contributed by atoms with van der Waals surface area (Å²) in [7, 11) is 1.33. The molecule has 3 aromatic carbocycles. The number of halogens is 2. The number of nitro benzene ring substituents is 2. The molecule has 0 aromatic heterocycles. The lowest BCUT2D eigenvalue weighted by Gasteiger charge is -2.13. The molecular weight excluding hydrogens is 545 g/mol. The topological polar surface area (TPSA) is 142 Å². The van der Waals surface area contributed by atoms with E-state index in [9.17, 15) is 34.2 Å². The third-order valence-electron chi connectivity index (χ3n) is 5.27. The number of rotatable bonds is 8. The summed E-state index contributed by atoms with van der Waals surface area (Å²) in [4.78, 5) is 47.2. The van der Waals surface area contributed by atoms with Gasteiger partial charge in [-0.3, -0.25) is 34.7 Å². The standard InChI is InChI=1S/C24H15ClFN3O8S/c1-36-21-8-13(2-6-20(21)37-19-7-5-16(28(32)33)11-18(19)29(34)35)9-22-23(30)27(24(31)38-22)12-14-3-4-15(26)10-17(14)25/h2-11H,12H2,1H3/b22-9-. The Morgan fingerprint density at radius 2 is 1.74 bits per heavy atom. The van der Waals surface area contributed by atoms with E-state index in [0.29, 0.717) is 22.9 Å². The van der Waals surface area contributed by atoms with Crippen LogP contribution in [0.25, 0.3) is 6.08 Å². The molecule has 0 aliphatic carbocycles. The van der Waals surface area contributed by atoms with Crippen LogP contribution in [0.4, 0.5) is 20.6 Å². The van der Waals surface area contributed by atoms with Crippen LogP contribution in [-0.4, -0.2) is 33.0 Å². The highest BCUT2D eigenvalue weighted by molar-refractivity contribution is 8.18. The van der Waals surface area contributed by atoms with Gasteiger partial charge in [-0.2, -0.15) is 0 Å². The largest absolute Gasteiger partial charge is 0.493 e. The number of ether oxygens (including phenoxy) is 2. The number of hydrogen-bond donors (Lipinski definition) is 0. The summed E-state index contributed by atoms with van der Waals surface area (Å²) < 4.78 is 24.2. The predicted molar refractivity (Wildman–Crippen MR) is 136 cm³/mol. The monoisotopic (exact) mass is 559 g/mol. The minimum absolute atomic E-state index is 0.0701. The Labute approximate surface area is 222 Å². The van der Waals surface area contributed by atoms with Crippen LogP contribution in [0.2, 0.25) is 5.02 Å². The molecule has 1 aliphatic rings. The third kappa shape index (κ3) is 5.58. The maximum Gasteiger partial charge on any atom is 0.318 e. The Hall–Kier alpha value is -4.49. The normalized spacial score (nSPS) is 14.2. The molecule has 14 heteroatoms. The van der Waals surface area contributed by atoms with E-state index in [1.54, 1.807) is 0 Å². The van der Waals surface area contributed by atoms with Crippen molar-refractivity contribution in [1.82, 2.24) is 4.90 Å². The van der Waals surface area contributed by atoms with Gasteiger partial charge < -0.3 is 9.47 Å². The molecule has 38 heavy (non-hydrogen) atoms. The van der Waals surface area contributed by atoms with Gasteiger partial charge >= 0.3 is 5.69 Å². The molecular formula is C24H15ClFN3O8S. The van der Waals surface area contributed by atoms with Crippen molar-refractivity contribution < 1.29 is 33.3 Å². The van der Waals surface area contributed by atoms with Crippen molar-refractivity contribution in [2.24, 2.45) is 0 Å². The molecule has 3 aromatic rings. The number of carbonyl (C=O) groups excluding carboxylic acids is 2. The second-order valence-corrected chi connectivity index (χ2v) is 9.08. The van der Waals surface area contributed by atoms with Crippen LogP contribution in [0.3, 0.4) is 0 Å². The number of benzene rings is 3. The van der Waals surface area contributed by atoms with Crippen LogP contribution < -0.4 is 9.47 Å². The van der Waals surface area contributed by atoms with E-state index in [0.717, 1.165) is 29.2 Å². The molecule has 11 nitrogen and oxygen atoms in total. The van der Waals surface area contributed by atoms with Crippen molar-refractivity contribution >= 4 is 52.0 Å². The third-order valence-corrected chi connectivity index (χ3v) is 6.53. The molecule has 0 unspecified atom stereocenters. The fourth-order valence-electron chi connectivity index (χ4n) is 3.43. The van der Waals surface area contributed by atoms with Gasteiger partial charge in [-0.05, 0) is 59.3 Å². The van der Waals surface area contributed by atoms with Crippen LogP contribution in [0.1, 0.15) is 11.1 Å². The van der Waals surface area contributed by atoms with Crippen LogP contribution >= 0.6 is 23.4 Å². The van der Waals surface area contributed by atoms with Crippen LogP contribution in [0.15, 0.2) is 59.5 Å². The van der Waals surface area contributed by atoms with Crippen molar-refractivity contribution in [3.8, 4) is 17.2 Å². The summed E-state index contributed by atoms with van der Waals surface area (Å²) in [6.45, 7) is -0.134. The van der Waals surface area contributed by atoms with Crippen molar-refractivity contribution in [3.05, 3.63) is 102 Å². The first-order chi connectivity index (χ1) is 18.1. The zero-order valence-corrected chi connectivity index (χ0v) is 20.8. The molecule has 194 valence electrons. The number of imide groups is 1. The summed E-state index contributed by atoms with van der Waals surface area (Å²) in [5.41, 5.74) is -0.222. The van der Waals surface area contributed by atoms with Gasteiger partial charge in [-0.15, -0.1) is 0 Å². The predicted octanol–water partition coefficient (Wildman–Crippen LogP) is 6.33. The number of amides is 2. The van der Waals surface area contributed by atoms with Gasteiger partial charge in [0.05, 0.1) is 34.5 Å². The zero-order valence-electron chi connectivity index (χ0n) is 19.3. The molecule has 2 amide bonds. The van der Waals surface area contributed by atoms with E-state index in [1.807, 2.05) is 0 Å². The SMILES string of the molecule is COc1cc(/C=C2\SC(=O)N(Cc3ccc(F)cc3Cl)C2=O)ccc1Oc1ccc([N+](=O)[O-])cc1[N+](=O)[O-]. The van der Waals surface area contributed by atoms with Gasteiger partial charge in [-0.1, -0.05) is 23.7 Å². The molecule has 0 atom stereocenters. The van der Waals surface area contributed by atoms with Gasteiger partial charge in [0.2, 0.25) is 5.75 Å². The summed E-state index contributed by atoms with van der Waals surface area (Å²) >= 11 is 6.73. The highest BCUT2D eigenvalue weighted by atomic mass is 35.5. The number of carbonyl (C=O) groups is 2. The number of non-ortho nitro benzene ring substituents is 1. The molecule has 1 heterocycles. The van der Waals surface area contributed by atoms with Gasteiger partial charge in [0.1, 0.15) is 5.82 Å². The number of nitro groups is 2. The Balaban J connectivity index is 1.57. The number of thioether (sulfide) groups is 1. The molecule has 4 rings (SSSR count). The Kier molecular flexibility index (Phi) is 7.60. The van der Waals surface area contributed by atoms with Gasteiger partial charge in [0.15, 0.2) is 11.5 Å². The summed E-state index contributed by atoms with van der Waals surface area (Å²) in [5.74, 6) is -1.14. The van der Waals surface area contributed by atoms with E-state index in [2.05, 4.69) is 0 Å². The number of hydrogen-bond acceptors (Lipinski definition) is 9. The molecule has 1 fully saturated rings. The Morgan fingerprint density at radius 3 is 2.39 bits per heavy atom. The molecule has 0 N–H and O–H groups in total. The second-order valence-electron chi connectivity index (χ2n) is 7.68.